The van der Waals surface area contributed by atoms with Gasteiger partial charge in [0.05, 0.1) is 22.2 Å². The van der Waals surface area contributed by atoms with Crippen LogP contribution < -0.4 is 10.6 Å². The fourth-order valence-electron chi connectivity index (χ4n) is 6.00. The van der Waals surface area contributed by atoms with Crippen molar-refractivity contribution in [2.24, 2.45) is 7.05 Å². The van der Waals surface area contributed by atoms with Crippen molar-refractivity contribution in [3.8, 4) is 16.9 Å². The standard InChI is InChI=1S/C29H27ClN4O4/c1-3-34-10-6-7-15(34)14-31-27(36)19-12-21-18(13-23(19)35)24-22(33(21)2)11-17(16-8-4-5-9-20(16)30)25-26(24)29(38)32-28(25)37/h4-5,8-9,11-13,15,35H,3,6-7,10,14H2,1-2H3,(H,31,36)(H,32,37,38). The van der Waals surface area contributed by atoms with Crippen LogP contribution >= 0.6 is 11.6 Å². The number of likely N-dealkylation sites (tertiary alicyclic amines) is 1. The van der Waals surface area contributed by atoms with Crippen LogP contribution in [-0.2, 0) is 7.05 Å². The number of nitrogens with one attached hydrogen (secondary N) is 2. The maximum absolute atomic E-state index is 13.1. The Balaban J connectivity index is 1.50. The van der Waals surface area contributed by atoms with Gasteiger partial charge in [-0.25, -0.2) is 0 Å². The molecule has 0 spiro atoms. The predicted octanol–water partition coefficient (Wildman–Crippen LogP) is 4.46. The summed E-state index contributed by atoms with van der Waals surface area (Å²) in [6.07, 6.45) is 2.14. The molecule has 0 bridgehead atoms. The van der Waals surface area contributed by atoms with Crippen LogP contribution in [-0.4, -0.2) is 58.0 Å². The molecular weight excluding hydrogens is 504 g/mol. The molecule has 4 aromatic rings. The van der Waals surface area contributed by atoms with Gasteiger partial charge in [0.15, 0.2) is 0 Å². The number of aromatic nitrogens is 1. The van der Waals surface area contributed by atoms with Crippen LogP contribution in [0.2, 0.25) is 5.02 Å². The van der Waals surface area contributed by atoms with E-state index in [1.54, 1.807) is 24.3 Å². The van der Waals surface area contributed by atoms with E-state index < -0.39 is 11.8 Å². The molecule has 1 saturated heterocycles. The highest BCUT2D eigenvalue weighted by Crippen LogP contribution is 2.42. The van der Waals surface area contributed by atoms with Crippen molar-refractivity contribution in [1.82, 2.24) is 20.1 Å². The topological polar surface area (TPSA) is 104 Å². The molecule has 1 aromatic heterocycles. The second kappa shape index (κ2) is 9.15. The number of aromatic hydroxyl groups is 1. The number of hydrogen-bond donors (Lipinski definition) is 3. The molecule has 38 heavy (non-hydrogen) atoms. The molecule has 2 aliphatic rings. The average Bonchev–Trinajstić information content (AvgIpc) is 3.56. The molecule has 0 saturated carbocycles. The zero-order valence-corrected chi connectivity index (χ0v) is 21.9. The number of fused-ring (bicyclic) bond motifs is 5. The molecule has 8 nitrogen and oxygen atoms in total. The fraction of sp³-hybridized carbons (Fsp3) is 0.276. The van der Waals surface area contributed by atoms with E-state index >= 15 is 0 Å². The van der Waals surface area contributed by atoms with Gasteiger partial charge in [-0.3, -0.25) is 24.6 Å². The van der Waals surface area contributed by atoms with Crippen molar-refractivity contribution in [3.63, 3.8) is 0 Å². The molecule has 0 radical (unpaired) electrons. The number of phenolic OH excluding ortho intramolecular Hbond substituents is 1. The van der Waals surface area contributed by atoms with E-state index in [1.165, 1.54) is 6.07 Å². The van der Waals surface area contributed by atoms with Crippen molar-refractivity contribution in [3.05, 3.63) is 64.2 Å². The lowest BCUT2D eigenvalue weighted by atomic mass is 9.92. The molecule has 2 aliphatic heterocycles. The molecule has 6 rings (SSSR count). The largest absolute Gasteiger partial charge is 0.507 e. The van der Waals surface area contributed by atoms with Gasteiger partial charge in [0.25, 0.3) is 17.7 Å². The van der Waals surface area contributed by atoms with Crippen LogP contribution in [0.4, 0.5) is 0 Å². The quantitative estimate of drug-likeness (QED) is 0.331. The van der Waals surface area contributed by atoms with Crippen molar-refractivity contribution in [2.45, 2.75) is 25.8 Å². The highest BCUT2D eigenvalue weighted by atomic mass is 35.5. The number of imide groups is 1. The number of benzene rings is 3. The number of rotatable bonds is 5. The van der Waals surface area contributed by atoms with Crippen LogP contribution in [0.3, 0.4) is 0 Å². The van der Waals surface area contributed by atoms with E-state index in [1.807, 2.05) is 23.7 Å². The van der Waals surface area contributed by atoms with Gasteiger partial charge < -0.3 is 15.0 Å². The number of carbonyl (C=O) groups excluding carboxylic acids is 3. The maximum Gasteiger partial charge on any atom is 0.259 e. The van der Waals surface area contributed by atoms with Crippen molar-refractivity contribution < 1.29 is 19.5 Å². The third-order valence-electron chi connectivity index (χ3n) is 7.91. The Kier molecular flexibility index (Phi) is 5.89. The minimum absolute atomic E-state index is 0.160. The molecule has 3 aromatic carbocycles. The van der Waals surface area contributed by atoms with Crippen LogP contribution in [0.15, 0.2) is 42.5 Å². The summed E-state index contributed by atoms with van der Waals surface area (Å²) in [5, 5.41) is 17.9. The number of halogens is 1. The maximum atomic E-state index is 13.1. The number of carbonyl (C=O) groups is 3. The molecule has 3 amide bonds. The minimum Gasteiger partial charge on any atom is -0.507 e. The Labute approximate surface area is 224 Å². The summed E-state index contributed by atoms with van der Waals surface area (Å²) in [4.78, 5) is 41.4. The monoisotopic (exact) mass is 530 g/mol. The first-order valence-corrected chi connectivity index (χ1v) is 13.1. The normalized spacial score (nSPS) is 17.4. The van der Waals surface area contributed by atoms with Gasteiger partial charge in [-0.2, -0.15) is 0 Å². The van der Waals surface area contributed by atoms with Crippen LogP contribution in [0.1, 0.15) is 50.8 Å². The molecule has 3 N–H and O–H groups in total. The molecule has 1 atom stereocenters. The van der Waals surface area contributed by atoms with Gasteiger partial charge in [-0.05, 0) is 55.8 Å². The lowest BCUT2D eigenvalue weighted by molar-refractivity contribution is 0.0878. The van der Waals surface area contributed by atoms with E-state index in [0.717, 1.165) is 25.9 Å². The molecule has 3 heterocycles. The Morgan fingerprint density at radius 2 is 1.87 bits per heavy atom. The van der Waals surface area contributed by atoms with E-state index in [-0.39, 0.29) is 34.4 Å². The number of likely N-dealkylation sites (N-methyl/N-ethyl adjacent to an activating group) is 1. The lowest BCUT2D eigenvalue weighted by Gasteiger charge is -2.23. The van der Waals surface area contributed by atoms with Gasteiger partial charge in [0.1, 0.15) is 5.75 Å². The van der Waals surface area contributed by atoms with E-state index in [4.69, 9.17) is 11.6 Å². The second-order valence-corrected chi connectivity index (χ2v) is 10.3. The van der Waals surface area contributed by atoms with E-state index in [2.05, 4.69) is 22.5 Å². The molecule has 9 heteroatoms. The van der Waals surface area contributed by atoms with Gasteiger partial charge in [0.2, 0.25) is 0 Å². The second-order valence-electron chi connectivity index (χ2n) is 9.91. The van der Waals surface area contributed by atoms with Gasteiger partial charge in [0, 0.05) is 46.5 Å². The zero-order chi connectivity index (χ0) is 26.7. The molecular formula is C29H27ClN4O4. The Hall–Kier alpha value is -3.88. The Morgan fingerprint density at radius 1 is 1.11 bits per heavy atom. The summed E-state index contributed by atoms with van der Waals surface area (Å²) in [5.74, 6) is -1.54. The first kappa shape index (κ1) is 24.5. The van der Waals surface area contributed by atoms with Crippen molar-refractivity contribution in [1.29, 1.82) is 0 Å². The SMILES string of the molecule is CCN1CCCC1CNC(=O)c1cc2c(cc1O)c1c3c(c(-c4ccccc4Cl)cc1n2C)C(=O)NC3=O. The fourth-order valence-corrected chi connectivity index (χ4v) is 6.24. The van der Waals surface area contributed by atoms with Crippen molar-refractivity contribution in [2.75, 3.05) is 19.6 Å². The van der Waals surface area contributed by atoms with Gasteiger partial charge in [-0.1, -0.05) is 36.7 Å². The summed E-state index contributed by atoms with van der Waals surface area (Å²) in [6.45, 7) is 4.59. The number of phenols is 1. The summed E-state index contributed by atoms with van der Waals surface area (Å²) in [6, 6.07) is 12.4. The van der Waals surface area contributed by atoms with Crippen LogP contribution in [0.25, 0.3) is 32.9 Å². The first-order valence-electron chi connectivity index (χ1n) is 12.7. The highest BCUT2D eigenvalue weighted by molar-refractivity contribution is 6.36. The lowest BCUT2D eigenvalue weighted by Crippen LogP contribution is -2.40. The average molecular weight is 531 g/mol. The number of aryl methyl sites for hydroxylation is 1. The Bertz CT molecular complexity index is 1670. The smallest absolute Gasteiger partial charge is 0.259 e. The van der Waals surface area contributed by atoms with E-state index in [0.29, 0.717) is 44.5 Å². The minimum atomic E-state index is -0.505. The zero-order valence-electron chi connectivity index (χ0n) is 21.1. The Morgan fingerprint density at radius 3 is 2.63 bits per heavy atom. The highest BCUT2D eigenvalue weighted by Gasteiger charge is 2.35. The third-order valence-corrected chi connectivity index (χ3v) is 8.24. The van der Waals surface area contributed by atoms with E-state index in [9.17, 15) is 19.5 Å². The summed E-state index contributed by atoms with van der Waals surface area (Å²) >= 11 is 6.48. The number of amides is 3. The van der Waals surface area contributed by atoms with Crippen molar-refractivity contribution >= 4 is 51.1 Å². The first-order chi connectivity index (χ1) is 18.3. The summed E-state index contributed by atoms with van der Waals surface area (Å²) < 4.78 is 1.87. The summed E-state index contributed by atoms with van der Waals surface area (Å²) in [5.41, 5.74) is 3.18. The predicted molar refractivity (Wildman–Crippen MR) is 147 cm³/mol. The van der Waals surface area contributed by atoms with Crippen LogP contribution in [0, 0.1) is 0 Å². The van der Waals surface area contributed by atoms with Gasteiger partial charge >= 0.3 is 0 Å². The molecule has 0 aliphatic carbocycles. The summed E-state index contributed by atoms with van der Waals surface area (Å²) in [7, 11) is 1.83. The third kappa shape index (κ3) is 3.67. The number of nitrogens with zero attached hydrogens (tertiary/aromatic N) is 2. The molecule has 1 unspecified atom stereocenters. The molecule has 194 valence electrons. The molecule has 1 fully saturated rings. The number of hydrogen-bond acceptors (Lipinski definition) is 5. The van der Waals surface area contributed by atoms with Crippen LogP contribution in [0.5, 0.6) is 5.75 Å². The van der Waals surface area contributed by atoms with Gasteiger partial charge in [-0.15, -0.1) is 0 Å².